The van der Waals surface area contributed by atoms with Crippen LogP contribution in [0.3, 0.4) is 0 Å². The Bertz CT molecular complexity index is 318. The van der Waals surface area contributed by atoms with E-state index in [9.17, 15) is 9.59 Å². The molecule has 0 aliphatic heterocycles. The van der Waals surface area contributed by atoms with Gasteiger partial charge in [0.2, 0.25) is 0 Å². The highest BCUT2D eigenvalue weighted by Crippen LogP contribution is 1.99. The number of nitrogens with zero attached hydrogens (tertiary/aromatic N) is 1. The van der Waals surface area contributed by atoms with Crippen molar-refractivity contribution in [3.05, 3.63) is 0 Å². The molecule has 0 spiro atoms. The van der Waals surface area contributed by atoms with Crippen LogP contribution in [0.5, 0.6) is 0 Å². The lowest BCUT2D eigenvalue weighted by molar-refractivity contribution is -0.138. The van der Waals surface area contributed by atoms with Gasteiger partial charge in [0.25, 0.3) is 6.47 Å². The van der Waals surface area contributed by atoms with Crippen molar-refractivity contribution in [1.29, 1.82) is 0 Å². The largest absolute Gasteiger partial charge is 0.483 e. The van der Waals surface area contributed by atoms with Crippen molar-refractivity contribution in [3.8, 4) is 0 Å². The Labute approximate surface area is 156 Å². The summed E-state index contributed by atoms with van der Waals surface area (Å²) in [5.41, 5.74) is 5.20. The number of carbonyl (C=O) groups is 4. The summed E-state index contributed by atoms with van der Waals surface area (Å²) in [6.07, 6.45) is 6.89. The summed E-state index contributed by atoms with van der Waals surface area (Å²) < 4.78 is 0. The molecule has 0 aromatic rings. The molecule has 0 aliphatic rings. The van der Waals surface area contributed by atoms with Gasteiger partial charge in [-0.2, -0.15) is 0 Å². The quantitative estimate of drug-likeness (QED) is 0.309. The summed E-state index contributed by atoms with van der Waals surface area (Å²) >= 11 is 0. The molecule has 0 rings (SSSR count). The number of aldehydes is 1. The maximum atomic E-state index is 10.1. The van der Waals surface area contributed by atoms with E-state index in [-0.39, 0.29) is 12.9 Å². The van der Waals surface area contributed by atoms with Gasteiger partial charge in [0, 0.05) is 12.8 Å². The Kier molecular flexibility index (Phi) is 37.6. The third-order valence-corrected chi connectivity index (χ3v) is 2.59. The number of carboxylic acids is 2. The molecular weight excluding hydrogens is 344 g/mol. The van der Waals surface area contributed by atoms with Crippen LogP contribution in [-0.2, 0) is 19.2 Å². The van der Waals surface area contributed by atoms with E-state index in [1.807, 2.05) is 14.1 Å². The monoisotopic (exact) mass is 380 g/mol. The van der Waals surface area contributed by atoms with E-state index in [2.05, 4.69) is 4.90 Å². The van der Waals surface area contributed by atoms with Crippen LogP contribution < -0.4 is 5.73 Å². The van der Waals surface area contributed by atoms with Gasteiger partial charge < -0.3 is 30.7 Å². The van der Waals surface area contributed by atoms with Gasteiger partial charge in [-0.05, 0) is 59.8 Å². The first-order chi connectivity index (χ1) is 12.2. The van der Waals surface area contributed by atoms with Gasteiger partial charge in [0.1, 0.15) is 6.29 Å². The number of aliphatic carboxylic acids is 2. The minimum Gasteiger partial charge on any atom is -0.483 e. The average molecular weight is 380 g/mol. The third-order valence-electron chi connectivity index (χ3n) is 2.59. The van der Waals surface area contributed by atoms with Gasteiger partial charge in [-0.3, -0.25) is 14.4 Å². The zero-order valence-electron chi connectivity index (χ0n) is 16.2. The predicted molar refractivity (Wildman–Crippen MR) is 100 cm³/mol. The Morgan fingerprint density at radius 3 is 1.50 bits per heavy atom. The number of hydrogen-bond acceptors (Lipinski definition) is 6. The molecule has 0 atom stereocenters. The molecule has 0 saturated carbocycles. The highest BCUT2D eigenvalue weighted by atomic mass is 16.4. The van der Waals surface area contributed by atoms with Crippen molar-refractivity contribution in [3.63, 3.8) is 0 Å². The molecule has 0 aliphatic carbocycles. The van der Waals surface area contributed by atoms with Crippen molar-refractivity contribution in [2.45, 2.75) is 58.3 Å². The van der Waals surface area contributed by atoms with E-state index in [1.165, 1.54) is 6.92 Å². The lowest BCUT2D eigenvalue weighted by atomic mass is 10.2. The fraction of sp³-hybridized carbons (Fsp3) is 0.765. The molecule has 0 aromatic heterocycles. The molecule has 0 fully saturated rings. The lowest BCUT2D eigenvalue weighted by Gasteiger charge is -2.07. The lowest BCUT2D eigenvalue weighted by Crippen LogP contribution is -2.12. The van der Waals surface area contributed by atoms with E-state index in [4.69, 9.17) is 30.6 Å². The van der Waals surface area contributed by atoms with Gasteiger partial charge in [-0.15, -0.1) is 0 Å². The van der Waals surface area contributed by atoms with Crippen molar-refractivity contribution in [2.75, 3.05) is 27.2 Å². The zero-order chi connectivity index (χ0) is 21.2. The average Bonchev–Trinajstić information content (AvgIpc) is 2.53. The molecule has 9 nitrogen and oxygen atoms in total. The second-order valence-corrected chi connectivity index (χ2v) is 5.34. The van der Waals surface area contributed by atoms with E-state index in [0.717, 1.165) is 51.4 Å². The number of carbonyl (C=O) groups excluding carboxylic acids is 1. The van der Waals surface area contributed by atoms with Gasteiger partial charge in [-0.25, -0.2) is 0 Å². The first-order valence-electron chi connectivity index (χ1n) is 8.49. The second-order valence-electron chi connectivity index (χ2n) is 5.34. The normalized spacial score (nSPS) is 8.65. The minimum atomic E-state index is -0.716. The van der Waals surface area contributed by atoms with E-state index >= 15 is 0 Å². The molecule has 0 aromatic carbocycles. The molecular formula is C17H36N2O7. The summed E-state index contributed by atoms with van der Waals surface area (Å²) in [4.78, 5) is 39.3. The summed E-state index contributed by atoms with van der Waals surface area (Å²) in [7, 11) is 4.05. The van der Waals surface area contributed by atoms with Gasteiger partial charge >= 0.3 is 11.9 Å². The molecule has 0 heterocycles. The van der Waals surface area contributed by atoms with Crippen LogP contribution in [0.2, 0.25) is 0 Å². The van der Waals surface area contributed by atoms with Crippen LogP contribution in [-0.4, -0.2) is 72.1 Å². The molecule has 9 heteroatoms. The van der Waals surface area contributed by atoms with Crippen molar-refractivity contribution in [2.24, 2.45) is 5.73 Å². The first-order valence-corrected chi connectivity index (χ1v) is 8.49. The van der Waals surface area contributed by atoms with Crippen LogP contribution >= 0.6 is 0 Å². The van der Waals surface area contributed by atoms with Crippen LogP contribution in [0.4, 0.5) is 0 Å². The summed E-state index contributed by atoms with van der Waals surface area (Å²) in [5.74, 6) is -1.40. The number of rotatable bonds is 11. The van der Waals surface area contributed by atoms with Crippen molar-refractivity contribution >= 4 is 24.7 Å². The Balaban J connectivity index is -0.000000144. The summed E-state index contributed by atoms with van der Waals surface area (Å²) in [6, 6.07) is 0. The van der Waals surface area contributed by atoms with Crippen LogP contribution in [0.15, 0.2) is 0 Å². The molecule has 0 saturated heterocycles. The second kappa shape index (κ2) is 30.8. The maximum absolute atomic E-state index is 10.1. The van der Waals surface area contributed by atoms with Gasteiger partial charge in [-0.1, -0.05) is 12.8 Å². The Morgan fingerprint density at radius 1 is 0.885 bits per heavy atom. The predicted octanol–water partition coefficient (Wildman–Crippen LogP) is 1.69. The van der Waals surface area contributed by atoms with Gasteiger partial charge in [0.15, 0.2) is 0 Å². The highest BCUT2D eigenvalue weighted by molar-refractivity contribution is 5.66. The smallest absolute Gasteiger partial charge is 0.303 e. The molecule has 5 N–H and O–H groups in total. The topological polar surface area (TPSA) is 158 Å². The maximum Gasteiger partial charge on any atom is 0.303 e. The fourth-order valence-electron chi connectivity index (χ4n) is 1.48. The molecule has 0 unspecified atom stereocenters. The third kappa shape index (κ3) is 67.4. The standard InChI is InChI=1S/C8H17NO2.C6H13NO2.C2H4O.CH2O2/c1-9(2)7-5-3-4-6-8(10)11;7-5-3-1-2-4-6(8)9;1-2-3;2-1-3/h3-7H2,1-2H3,(H,10,11);1-5,7H2,(H,8,9);2H,1H3;1H,(H,2,3). The summed E-state index contributed by atoms with van der Waals surface area (Å²) in [5, 5.41) is 23.4. The molecule has 0 bridgehead atoms. The van der Waals surface area contributed by atoms with Crippen LogP contribution in [0.1, 0.15) is 58.3 Å². The first kappa shape index (κ1) is 31.7. The zero-order valence-corrected chi connectivity index (χ0v) is 16.2. The Hall–Kier alpha value is -2.00. The fourth-order valence-corrected chi connectivity index (χ4v) is 1.48. The molecule has 26 heavy (non-hydrogen) atoms. The Morgan fingerprint density at radius 2 is 1.23 bits per heavy atom. The van der Waals surface area contributed by atoms with E-state index in [1.54, 1.807) is 0 Å². The van der Waals surface area contributed by atoms with Gasteiger partial charge in [0.05, 0.1) is 0 Å². The molecule has 0 radical (unpaired) electrons. The number of carboxylic acid groups (broad SMARTS) is 3. The van der Waals surface area contributed by atoms with E-state index < -0.39 is 11.9 Å². The van der Waals surface area contributed by atoms with E-state index in [0.29, 0.717) is 13.0 Å². The minimum absolute atomic E-state index is 0.250. The molecule has 0 amide bonds. The van der Waals surface area contributed by atoms with Crippen LogP contribution in [0, 0.1) is 0 Å². The molecule has 156 valence electrons. The number of nitrogens with two attached hydrogens (primary N) is 1. The SMILES string of the molecule is CC=O.CN(C)CCCCCC(=O)O.NCCCCCC(=O)O.O=CO. The number of unbranched alkanes of at least 4 members (excludes halogenated alkanes) is 4. The van der Waals surface area contributed by atoms with Crippen LogP contribution in [0.25, 0.3) is 0 Å². The van der Waals surface area contributed by atoms with Crippen molar-refractivity contribution < 1.29 is 34.5 Å². The van der Waals surface area contributed by atoms with Crippen molar-refractivity contribution in [1.82, 2.24) is 4.90 Å². The number of hydrogen-bond donors (Lipinski definition) is 4. The summed E-state index contributed by atoms with van der Waals surface area (Å²) in [6.45, 7) is 2.92. The highest BCUT2D eigenvalue weighted by Gasteiger charge is 1.96.